The van der Waals surface area contributed by atoms with Gasteiger partial charge < -0.3 is 15.8 Å². The topological polar surface area (TPSA) is 81.4 Å². The number of nitrogens with one attached hydrogen (secondary N) is 1. The van der Waals surface area contributed by atoms with Crippen molar-refractivity contribution in [1.82, 2.24) is 0 Å². The molecule has 1 aliphatic rings. The van der Waals surface area contributed by atoms with Gasteiger partial charge in [-0.25, -0.2) is 0 Å². The SMILES string of the molecule is CCCC1CCc2c(sc(NC(=O)COc3ccccc3)c2C(N)=O)C1. The number of rotatable bonds is 7. The minimum Gasteiger partial charge on any atom is -0.484 e. The fourth-order valence-electron chi connectivity index (χ4n) is 3.49. The van der Waals surface area contributed by atoms with E-state index >= 15 is 0 Å². The van der Waals surface area contributed by atoms with E-state index in [2.05, 4.69) is 12.2 Å². The summed E-state index contributed by atoms with van der Waals surface area (Å²) in [6.45, 7) is 2.08. The number of hydrogen-bond donors (Lipinski definition) is 2. The molecule has 5 nitrogen and oxygen atoms in total. The quantitative estimate of drug-likeness (QED) is 0.776. The van der Waals surface area contributed by atoms with E-state index in [0.717, 1.165) is 31.2 Å². The van der Waals surface area contributed by atoms with E-state index in [9.17, 15) is 9.59 Å². The van der Waals surface area contributed by atoms with Crippen molar-refractivity contribution >= 4 is 28.2 Å². The molecule has 1 aromatic carbocycles. The lowest BCUT2D eigenvalue weighted by Crippen LogP contribution is -2.22. The third-order valence-corrected chi connectivity index (χ3v) is 5.85. The fraction of sp³-hybridized carbons (Fsp3) is 0.400. The van der Waals surface area contributed by atoms with Crippen LogP contribution in [0.4, 0.5) is 5.00 Å². The number of hydrogen-bond acceptors (Lipinski definition) is 4. The van der Waals surface area contributed by atoms with Gasteiger partial charge in [0, 0.05) is 4.88 Å². The van der Waals surface area contributed by atoms with Gasteiger partial charge in [0.05, 0.1) is 5.56 Å². The summed E-state index contributed by atoms with van der Waals surface area (Å²) in [5, 5.41) is 3.38. The highest BCUT2D eigenvalue weighted by molar-refractivity contribution is 7.17. The average Bonchev–Trinajstić information content (AvgIpc) is 2.98. The number of ether oxygens (including phenoxy) is 1. The zero-order chi connectivity index (χ0) is 18.5. The average molecular weight is 372 g/mol. The number of amides is 2. The molecule has 1 aromatic heterocycles. The van der Waals surface area contributed by atoms with Crippen LogP contribution in [0.3, 0.4) is 0 Å². The first-order valence-corrected chi connectivity index (χ1v) is 9.82. The highest BCUT2D eigenvalue weighted by atomic mass is 32.1. The summed E-state index contributed by atoms with van der Waals surface area (Å²) in [6.07, 6.45) is 5.24. The van der Waals surface area contributed by atoms with Gasteiger partial charge in [0.15, 0.2) is 6.61 Å². The first-order valence-electron chi connectivity index (χ1n) is 9.00. The van der Waals surface area contributed by atoms with Crippen LogP contribution in [0.2, 0.25) is 0 Å². The van der Waals surface area contributed by atoms with Crippen molar-refractivity contribution in [2.45, 2.75) is 39.0 Å². The van der Waals surface area contributed by atoms with Crippen LogP contribution in [-0.2, 0) is 17.6 Å². The van der Waals surface area contributed by atoms with Crippen molar-refractivity contribution in [2.75, 3.05) is 11.9 Å². The van der Waals surface area contributed by atoms with E-state index in [1.165, 1.54) is 22.6 Å². The maximum atomic E-state index is 12.3. The minimum absolute atomic E-state index is 0.108. The highest BCUT2D eigenvalue weighted by Gasteiger charge is 2.28. The minimum atomic E-state index is -0.476. The molecule has 0 saturated carbocycles. The Kier molecular flexibility index (Phi) is 5.93. The van der Waals surface area contributed by atoms with Crippen molar-refractivity contribution in [3.8, 4) is 5.75 Å². The molecule has 0 aliphatic heterocycles. The number of fused-ring (bicyclic) bond motifs is 1. The fourth-order valence-corrected chi connectivity index (χ4v) is 4.87. The van der Waals surface area contributed by atoms with Crippen molar-refractivity contribution in [1.29, 1.82) is 0 Å². The molecule has 0 saturated heterocycles. The van der Waals surface area contributed by atoms with E-state index < -0.39 is 5.91 Å². The van der Waals surface area contributed by atoms with Gasteiger partial charge in [-0.2, -0.15) is 0 Å². The molecule has 0 bridgehead atoms. The van der Waals surface area contributed by atoms with Crippen molar-refractivity contribution in [3.63, 3.8) is 0 Å². The zero-order valence-electron chi connectivity index (χ0n) is 14.9. The van der Waals surface area contributed by atoms with Gasteiger partial charge >= 0.3 is 0 Å². The molecular weight excluding hydrogens is 348 g/mol. The van der Waals surface area contributed by atoms with Gasteiger partial charge in [0.25, 0.3) is 11.8 Å². The summed E-state index contributed by atoms with van der Waals surface area (Å²) in [5.74, 6) is 0.512. The smallest absolute Gasteiger partial charge is 0.262 e. The molecule has 0 spiro atoms. The summed E-state index contributed by atoms with van der Waals surface area (Å²) in [7, 11) is 0. The van der Waals surface area contributed by atoms with Crippen LogP contribution < -0.4 is 15.8 Å². The summed E-state index contributed by atoms with van der Waals surface area (Å²) < 4.78 is 5.47. The molecule has 6 heteroatoms. The van der Waals surface area contributed by atoms with Crippen LogP contribution in [0.25, 0.3) is 0 Å². The number of carbonyl (C=O) groups is 2. The van der Waals surface area contributed by atoms with Gasteiger partial charge in [0.2, 0.25) is 0 Å². The third kappa shape index (κ3) is 4.25. The van der Waals surface area contributed by atoms with E-state index in [4.69, 9.17) is 10.5 Å². The van der Waals surface area contributed by atoms with E-state index in [-0.39, 0.29) is 12.5 Å². The number of para-hydroxylation sites is 1. The van der Waals surface area contributed by atoms with Crippen LogP contribution in [0, 0.1) is 5.92 Å². The first kappa shape index (κ1) is 18.5. The highest BCUT2D eigenvalue weighted by Crippen LogP contribution is 2.40. The Morgan fingerprint density at radius 1 is 1.31 bits per heavy atom. The van der Waals surface area contributed by atoms with Crippen LogP contribution >= 0.6 is 11.3 Å². The lowest BCUT2D eigenvalue weighted by molar-refractivity contribution is -0.118. The molecule has 1 heterocycles. The lowest BCUT2D eigenvalue weighted by atomic mass is 9.84. The predicted molar refractivity (Wildman–Crippen MR) is 104 cm³/mol. The molecule has 1 aliphatic carbocycles. The second kappa shape index (κ2) is 8.36. The number of anilines is 1. The Labute approximate surface area is 157 Å². The molecular formula is C20H24N2O3S. The predicted octanol–water partition coefficient (Wildman–Crippen LogP) is 3.77. The van der Waals surface area contributed by atoms with Crippen LogP contribution in [0.1, 0.15) is 47.0 Å². The third-order valence-electron chi connectivity index (χ3n) is 4.68. The Morgan fingerprint density at radius 3 is 2.77 bits per heavy atom. The Hall–Kier alpha value is -2.34. The van der Waals surface area contributed by atoms with Crippen molar-refractivity contribution in [3.05, 3.63) is 46.3 Å². The van der Waals surface area contributed by atoms with E-state index in [1.54, 1.807) is 12.1 Å². The van der Waals surface area contributed by atoms with Crippen LogP contribution in [0.5, 0.6) is 5.75 Å². The van der Waals surface area contributed by atoms with Crippen molar-refractivity contribution in [2.24, 2.45) is 11.7 Å². The lowest BCUT2D eigenvalue weighted by Gasteiger charge is -2.21. The first-order chi connectivity index (χ1) is 12.6. The zero-order valence-corrected chi connectivity index (χ0v) is 15.7. The molecule has 3 N–H and O–H groups in total. The van der Waals surface area contributed by atoms with E-state index in [0.29, 0.717) is 22.2 Å². The van der Waals surface area contributed by atoms with Gasteiger partial charge in [-0.05, 0) is 42.9 Å². The van der Waals surface area contributed by atoms with E-state index in [1.807, 2.05) is 18.2 Å². The monoisotopic (exact) mass is 372 g/mol. The van der Waals surface area contributed by atoms with Crippen LogP contribution in [0.15, 0.2) is 30.3 Å². The molecule has 3 rings (SSSR count). The largest absolute Gasteiger partial charge is 0.484 e. The normalized spacial score (nSPS) is 16.0. The summed E-state index contributed by atoms with van der Waals surface area (Å²) in [6, 6.07) is 9.16. The van der Waals surface area contributed by atoms with Gasteiger partial charge in [-0.3, -0.25) is 9.59 Å². The molecule has 0 fully saturated rings. The van der Waals surface area contributed by atoms with Gasteiger partial charge in [-0.15, -0.1) is 11.3 Å². The van der Waals surface area contributed by atoms with Crippen molar-refractivity contribution < 1.29 is 14.3 Å². The summed E-state index contributed by atoms with van der Waals surface area (Å²) in [4.78, 5) is 25.4. The molecule has 1 atom stereocenters. The maximum Gasteiger partial charge on any atom is 0.262 e. The Morgan fingerprint density at radius 2 is 2.08 bits per heavy atom. The molecule has 0 radical (unpaired) electrons. The number of benzene rings is 1. The van der Waals surface area contributed by atoms with Gasteiger partial charge in [0.1, 0.15) is 10.8 Å². The Bertz CT molecular complexity index is 786. The molecule has 26 heavy (non-hydrogen) atoms. The number of thiophene rings is 1. The summed E-state index contributed by atoms with van der Waals surface area (Å²) >= 11 is 1.48. The number of carbonyl (C=O) groups excluding carboxylic acids is 2. The molecule has 2 aromatic rings. The molecule has 138 valence electrons. The summed E-state index contributed by atoms with van der Waals surface area (Å²) in [5.41, 5.74) is 7.10. The molecule has 1 unspecified atom stereocenters. The number of primary amides is 1. The maximum absolute atomic E-state index is 12.3. The standard InChI is InChI=1S/C20H24N2O3S/c1-2-6-13-9-10-15-16(11-13)26-20(18(15)19(21)24)22-17(23)12-25-14-7-4-3-5-8-14/h3-5,7-8,13H,2,6,9-12H2,1H3,(H2,21,24)(H,22,23). The second-order valence-corrected chi connectivity index (χ2v) is 7.72. The second-order valence-electron chi connectivity index (χ2n) is 6.62. The molecule has 2 amide bonds. The number of nitrogens with two attached hydrogens (primary N) is 1. The van der Waals surface area contributed by atoms with Crippen LogP contribution in [-0.4, -0.2) is 18.4 Å². The Balaban J connectivity index is 1.71. The van der Waals surface area contributed by atoms with Gasteiger partial charge in [-0.1, -0.05) is 38.0 Å².